The van der Waals surface area contributed by atoms with Crippen LogP contribution < -0.4 is 4.90 Å². The van der Waals surface area contributed by atoms with Gasteiger partial charge in [-0.1, -0.05) is 0 Å². The Morgan fingerprint density at radius 1 is 1.11 bits per heavy atom. The Morgan fingerprint density at radius 3 is 2.33 bits per heavy atom. The lowest BCUT2D eigenvalue weighted by Gasteiger charge is -2.35. The Bertz CT molecular complexity index is 382. The molecule has 1 aromatic carbocycles. The van der Waals surface area contributed by atoms with Gasteiger partial charge in [0.1, 0.15) is 11.6 Å². The quantitative estimate of drug-likeness (QED) is 0.792. The lowest BCUT2D eigenvalue weighted by molar-refractivity contribution is 0.272. The fraction of sp³-hybridized carbons (Fsp3) is 0.500. The van der Waals surface area contributed by atoms with Gasteiger partial charge in [0.15, 0.2) is 0 Å². The van der Waals surface area contributed by atoms with Crippen molar-refractivity contribution in [3.05, 3.63) is 29.8 Å². The van der Waals surface area contributed by atoms with Gasteiger partial charge < -0.3 is 4.90 Å². The minimum atomic E-state index is -0.535. The number of hydrogen-bond acceptors (Lipinski definition) is 2. The zero-order chi connectivity index (χ0) is 12.3. The maximum absolute atomic E-state index is 13.6. The molecule has 1 aliphatic rings. The zero-order valence-electron chi connectivity index (χ0n) is 9.91. The average Bonchev–Trinajstić information content (AvgIpc) is 2.31. The Kier molecular flexibility index (Phi) is 6.12. The molecule has 6 heteroatoms. The molecule has 1 saturated heterocycles. The third kappa shape index (κ3) is 3.70. The van der Waals surface area contributed by atoms with Gasteiger partial charge in [-0.15, -0.1) is 24.0 Å². The molecular weight excluding hydrogens is 281 g/mol. The van der Waals surface area contributed by atoms with Crippen molar-refractivity contribution in [2.45, 2.75) is 0 Å². The predicted octanol–water partition coefficient (Wildman–Crippen LogP) is 2.75. The van der Waals surface area contributed by atoms with Crippen LogP contribution in [0.4, 0.5) is 14.5 Å². The van der Waals surface area contributed by atoms with Crippen LogP contribution in [0.3, 0.4) is 0 Å². The SMILES string of the molecule is Cl.Fc1ccc(N2CCN(CCCl)CC2)c(F)c1. The smallest absolute Gasteiger partial charge is 0.149 e. The monoisotopic (exact) mass is 296 g/mol. The van der Waals surface area contributed by atoms with Crippen LogP contribution in [0.25, 0.3) is 0 Å². The second-order valence-corrected chi connectivity index (χ2v) is 4.49. The molecule has 18 heavy (non-hydrogen) atoms. The molecule has 0 unspecified atom stereocenters. The molecule has 0 bridgehead atoms. The summed E-state index contributed by atoms with van der Waals surface area (Å²) in [4.78, 5) is 4.18. The van der Waals surface area contributed by atoms with Gasteiger partial charge in [0.2, 0.25) is 0 Å². The van der Waals surface area contributed by atoms with Crippen molar-refractivity contribution in [3.8, 4) is 0 Å². The Labute approximate surface area is 117 Å². The van der Waals surface area contributed by atoms with Gasteiger partial charge in [0.25, 0.3) is 0 Å². The molecular formula is C12H16Cl2F2N2. The summed E-state index contributed by atoms with van der Waals surface area (Å²) in [6, 6.07) is 3.73. The van der Waals surface area contributed by atoms with Crippen LogP contribution in [-0.2, 0) is 0 Å². The number of alkyl halides is 1. The summed E-state index contributed by atoms with van der Waals surface area (Å²) in [5.41, 5.74) is 0.483. The number of nitrogens with zero attached hydrogens (tertiary/aromatic N) is 2. The van der Waals surface area contributed by atoms with Crippen molar-refractivity contribution >= 4 is 29.7 Å². The van der Waals surface area contributed by atoms with Gasteiger partial charge in [0, 0.05) is 44.7 Å². The molecule has 1 aromatic rings. The second-order valence-electron chi connectivity index (χ2n) is 4.11. The molecule has 0 radical (unpaired) electrons. The van der Waals surface area contributed by atoms with E-state index >= 15 is 0 Å². The lowest BCUT2D eigenvalue weighted by atomic mass is 10.2. The van der Waals surface area contributed by atoms with Crippen LogP contribution in [0, 0.1) is 11.6 Å². The van der Waals surface area contributed by atoms with E-state index in [2.05, 4.69) is 4.90 Å². The number of anilines is 1. The largest absolute Gasteiger partial charge is 0.367 e. The number of piperazine rings is 1. The van der Waals surface area contributed by atoms with Crippen molar-refractivity contribution < 1.29 is 8.78 Å². The summed E-state index contributed by atoms with van der Waals surface area (Å²) >= 11 is 5.67. The van der Waals surface area contributed by atoms with Crippen molar-refractivity contribution in [2.24, 2.45) is 0 Å². The molecule has 0 aromatic heterocycles. The van der Waals surface area contributed by atoms with Crippen molar-refractivity contribution in [3.63, 3.8) is 0 Å². The first-order valence-corrected chi connectivity index (χ1v) is 6.22. The summed E-state index contributed by atoms with van der Waals surface area (Å²) in [5, 5.41) is 0. The summed E-state index contributed by atoms with van der Waals surface area (Å²) in [5.74, 6) is -0.409. The van der Waals surface area contributed by atoms with Crippen molar-refractivity contribution in [1.29, 1.82) is 0 Å². The maximum atomic E-state index is 13.6. The highest BCUT2D eigenvalue weighted by Gasteiger charge is 2.19. The van der Waals surface area contributed by atoms with Crippen LogP contribution in [0.2, 0.25) is 0 Å². The van der Waals surface area contributed by atoms with Gasteiger partial charge in [-0.3, -0.25) is 4.90 Å². The van der Waals surface area contributed by atoms with Crippen LogP contribution in [0.5, 0.6) is 0 Å². The molecule has 0 spiro atoms. The Morgan fingerprint density at radius 2 is 1.78 bits per heavy atom. The van der Waals surface area contributed by atoms with Crippen LogP contribution in [-0.4, -0.2) is 43.5 Å². The first-order valence-electron chi connectivity index (χ1n) is 5.69. The normalized spacial score (nSPS) is 16.5. The van der Waals surface area contributed by atoms with Crippen LogP contribution in [0.1, 0.15) is 0 Å². The molecule has 1 heterocycles. The number of benzene rings is 1. The van der Waals surface area contributed by atoms with Gasteiger partial charge >= 0.3 is 0 Å². The standard InChI is InChI=1S/C12H15ClF2N2.ClH/c13-3-4-16-5-7-17(8-6-16)12-2-1-10(14)9-11(12)15;/h1-2,9H,3-8H2;1H. The molecule has 0 amide bonds. The maximum Gasteiger partial charge on any atom is 0.149 e. The highest BCUT2D eigenvalue weighted by molar-refractivity contribution is 6.18. The van der Waals surface area contributed by atoms with E-state index in [9.17, 15) is 8.78 Å². The zero-order valence-corrected chi connectivity index (χ0v) is 11.5. The Balaban J connectivity index is 0.00000162. The number of halogens is 4. The molecule has 102 valence electrons. The van der Waals surface area contributed by atoms with E-state index in [-0.39, 0.29) is 12.4 Å². The molecule has 2 nitrogen and oxygen atoms in total. The number of hydrogen-bond donors (Lipinski definition) is 0. The van der Waals surface area contributed by atoms with E-state index in [0.717, 1.165) is 38.8 Å². The van der Waals surface area contributed by atoms with Gasteiger partial charge in [-0.2, -0.15) is 0 Å². The lowest BCUT2D eigenvalue weighted by Crippen LogP contribution is -2.47. The fourth-order valence-corrected chi connectivity index (χ4v) is 2.31. The second kappa shape index (κ2) is 7.12. The van der Waals surface area contributed by atoms with E-state index in [0.29, 0.717) is 11.6 Å². The van der Waals surface area contributed by atoms with Crippen molar-refractivity contribution in [1.82, 2.24) is 4.90 Å². The third-order valence-electron chi connectivity index (χ3n) is 3.02. The van der Waals surface area contributed by atoms with Gasteiger partial charge in [0.05, 0.1) is 5.69 Å². The van der Waals surface area contributed by atoms with E-state index in [1.807, 2.05) is 4.90 Å². The first kappa shape index (κ1) is 15.5. The third-order valence-corrected chi connectivity index (χ3v) is 3.19. The van der Waals surface area contributed by atoms with E-state index in [1.165, 1.54) is 12.1 Å². The first-order chi connectivity index (χ1) is 8.20. The summed E-state index contributed by atoms with van der Waals surface area (Å²) < 4.78 is 26.4. The van der Waals surface area contributed by atoms with Crippen LogP contribution >= 0.6 is 24.0 Å². The highest BCUT2D eigenvalue weighted by atomic mass is 35.5. The summed E-state index contributed by atoms with van der Waals surface area (Å²) in [6.07, 6.45) is 0. The summed E-state index contributed by atoms with van der Waals surface area (Å²) in [7, 11) is 0. The molecule has 1 aliphatic heterocycles. The fourth-order valence-electron chi connectivity index (χ4n) is 2.07. The predicted molar refractivity (Wildman–Crippen MR) is 73.0 cm³/mol. The molecule has 0 N–H and O–H groups in total. The van der Waals surface area contributed by atoms with Gasteiger partial charge in [-0.25, -0.2) is 8.78 Å². The minimum absolute atomic E-state index is 0. The average molecular weight is 297 g/mol. The topological polar surface area (TPSA) is 6.48 Å². The van der Waals surface area contributed by atoms with Gasteiger partial charge in [-0.05, 0) is 12.1 Å². The Hall–Kier alpha value is -0.580. The van der Waals surface area contributed by atoms with E-state index in [1.54, 1.807) is 0 Å². The molecule has 1 fully saturated rings. The molecule has 0 atom stereocenters. The van der Waals surface area contributed by atoms with E-state index in [4.69, 9.17) is 11.6 Å². The van der Waals surface area contributed by atoms with Crippen molar-refractivity contribution in [2.75, 3.05) is 43.5 Å². The summed E-state index contributed by atoms with van der Waals surface area (Å²) in [6.45, 7) is 4.09. The molecule has 0 saturated carbocycles. The molecule has 2 rings (SSSR count). The minimum Gasteiger partial charge on any atom is -0.367 e. The number of rotatable bonds is 3. The van der Waals surface area contributed by atoms with Crippen LogP contribution in [0.15, 0.2) is 18.2 Å². The van der Waals surface area contributed by atoms with E-state index < -0.39 is 11.6 Å². The highest BCUT2D eigenvalue weighted by Crippen LogP contribution is 2.21. The molecule has 0 aliphatic carbocycles.